The number of nitrogens with two attached hydrogens (primary N) is 1. The summed E-state index contributed by atoms with van der Waals surface area (Å²) in [6, 6.07) is 3.24. The Labute approximate surface area is 114 Å². The van der Waals surface area contributed by atoms with Crippen LogP contribution in [0.1, 0.15) is 36.8 Å². The minimum atomic E-state index is -4.41. The van der Waals surface area contributed by atoms with Crippen LogP contribution < -0.4 is 10.5 Å². The second kappa shape index (κ2) is 5.36. The highest BCUT2D eigenvalue weighted by atomic mass is 32.1. The number of halogens is 3. The normalized spacial score (nSPS) is 16.6. The Morgan fingerprint density at radius 3 is 2.42 bits per heavy atom. The molecule has 19 heavy (non-hydrogen) atoms. The smallest absolute Gasteiger partial charge is 0.416 e. The molecular formula is C13H14F3NOS. The van der Waals surface area contributed by atoms with Gasteiger partial charge >= 0.3 is 6.18 Å². The molecule has 0 saturated heterocycles. The monoisotopic (exact) mass is 289 g/mol. The molecule has 1 aromatic carbocycles. The maximum Gasteiger partial charge on any atom is 0.416 e. The van der Waals surface area contributed by atoms with Crippen molar-refractivity contribution in [2.24, 2.45) is 5.73 Å². The molecule has 0 atom stereocenters. The van der Waals surface area contributed by atoms with Crippen molar-refractivity contribution in [2.45, 2.75) is 38.0 Å². The highest BCUT2D eigenvalue weighted by Gasteiger charge is 2.31. The summed E-state index contributed by atoms with van der Waals surface area (Å²) in [5, 5.41) is 0. The molecule has 1 aliphatic rings. The molecule has 0 aromatic heterocycles. The number of benzene rings is 1. The van der Waals surface area contributed by atoms with Crippen LogP contribution >= 0.6 is 12.2 Å². The summed E-state index contributed by atoms with van der Waals surface area (Å²) in [4.78, 5) is -0.0842. The molecule has 0 spiro atoms. The van der Waals surface area contributed by atoms with Crippen molar-refractivity contribution in [1.82, 2.24) is 0 Å². The van der Waals surface area contributed by atoms with Gasteiger partial charge in [-0.2, -0.15) is 13.2 Å². The average molecular weight is 289 g/mol. The minimum absolute atomic E-state index is 0.0461. The Morgan fingerprint density at radius 2 is 1.89 bits per heavy atom. The Morgan fingerprint density at radius 1 is 1.26 bits per heavy atom. The summed E-state index contributed by atoms with van der Waals surface area (Å²) in [5.41, 5.74) is 4.87. The fraction of sp³-hybridized carbons (Fsp3) is 0.462. The van der Waals surface area contributed by atoms with Gasteiger partial charge in [-0.05, 0) is 43.9 Å². The van der Waals surface area contributed by atoms with Crippen molar-refractivity contribution in [3.8, 4) is 5.75 Å². The molecule has 0 unspecified atom stereocenters. The van der Waals surface area contributed by atoms with Crippen LogP contribution in [0.15, 0.2) is 18.2 Å². The van der Waals surface area contributed by atoms with E-state index in [9.17, 15) is 13.2 Å². The van der Waals surface area contributed by atoms with Gasteiger partial charge in [0.05, 0.1) is 17.2 Å². The van der Waals surface area contributed by atoms with Crippen LogP contribution in [0.4, 0.5) is 13.2 Å². The van der Waals surface area contributed by atoms with Crippen LogP contribution in [-0.2, 0) is 6.18 Å². The predicted molar refractivity (Wildman–Crippen MR) is 70.2 cm³/mol. The summed E-state index contributed by atoms with van der Waals surface area (Å²) < 4.78 is 43.6. The van der Waals surface area contributed by atoms with Gasteiger partial charge in [-0.1, -0.05) is 12.2 Å². The third-order valence-electron chi connectivity index (χ3n) is 3.17. The first kappa shape index (κ1) is 14.1. The lowest BCUT2D eigenvalue weighted by Gasteiger charge is -2.17. The number of hydrogen-bond donors (Lipinski definition) is 1. The molecule has 2 rings (SSSR count). The van der Waals surface area contributed by atoms with Crippen LogP contribution in [0.2, 0.25) is 0 Å². The van der Waals surface area contributed by atoms with Gasteiger partial charge in [0.2, 0.25) is 0 Å². The van der Waals surface area contributed by atoms with Gasteiger partial charge in [0, 0.05) is 0 Å². The Balaban J connectivity index is 2.29. The SMILES string of the molecule is NC(=S)c1cc(C(F)(F)F)ccc1OC1CCCC1. The van der Waals surface area contributed by atoms with Gasteiger partial charge in [0.15, 0.2) is 0 Å². The third kappa shape index (κ3) is 3.37. The first-order valence-corrected chi connectivity index (χ1v) is 6.46. The zero-order chi connectivity index (χ0) is 14.0. The molecule has 0 heterocycles. The summed E-state index contributed by atoms with van der Waals surface area (Å²) in [5.74, 6) is 0.340. The van der Waals surface area contributed by atoms with Crippen molar-refractivity contribution in [3.63, 3.8) is 0 Å². The van der Waals surface area contributed by atoms with Crippen LogP contribution in [0.25, 0.3) is 0 Å². The van der Waals surface area contributed by atoms with Crippen molar-refractivity contribution in [3.05, 3.63) is 29.3 Å². The van der Waals surface area contributed by atoms with E-state index in [1.807, 2.05) is 0 Å². The maximum atomic E-state index is 12.6. The quantitative estimate of drug-likeness (QED) is 0.862. The minimum Gasteiger partial charge on any atom is -0.490 e. The van der Waals surface area contributed by atoms with Crippen molar-refractivity contribution >= 4 is 17.2 Å². The number of ether oxygens (including phenoxy) is 1. The molecule has 0 bridgehead atoms. The summed E-state index contributed by atoms with van der Waals surface area (Å²) in [6.07, 6.45) is -0.382. The van der Waals surface area contributed by atoms with Gasteiger partial charge in [-0.25, -0.2) is 0 Å². The summed E-state index contributed by atoms with van der Waals surface area (Å²) >= 11 is 4.80. The van der Waals surface area contributed by atoms with Crippen LogP contribution in [0, 0.1) is 0 Å². The molecule has 0 aliphatic heterocycles. The van der Waals surface area contributed by atoms with Gasteiger partial charge < -0.3 is 10.5 Å². The summed E-state index contributed by atoms with van der Waals surface area (Å²) in [7, 11) is 0. The molecule has 1 aromatic rings. The molecule has 104 valence electrons. The van der Waals surface area contributed by atoms with Gasteiger partial charge in [-0.15, -0.1) is 0 Å². The summed E-state index contributed by atoms with van der Waals surface area (Å²) in [6.45, 7) is 0. The lowest BCUT2D eigenvalue weighted by molar-refractivity contribution is -0.137. The van der Waals surface area contributed by atoms with Crippen molar-refractivity contribution in [2.75, 3.05) is 0 Å². The lowest BCUT2D eigenvalue weighted by atomic mass is 10.1. The Kier molecular flexibility index (Phi) is 3.99. The fourth-order valence-electron chi connectivity index (χ4n) is 2.19. The van der Waals surface area contributed by atoms with Crippen molar-refractivity contribution in [1.29, 1.82) is 0 Å². The largest absolute Gasteiger partial charge is 0.490 e. The van der Waals surface area contributed by atoms with Gasteiger partial charge in [0.1, 0.15) is 10.7 Å². The van der Waals surface area contributed by atoms with E-state index in [0.717, 1.165) is 37.8 Å². The first-order valence-electron chi connectivity index (χ1n) is 6.05. The molecule has 0 radical (unpaired) electrons. The average Bonchev–Trinajstić information content (AvgIpc) is 2.80. The molecular weight excluding hydrogens is 275 g/mol. The zero-order valence-electron chi connectivity index (χ0n) is 10.2. The molecule has 2 N–H and O–H groups in total. The number of hydrogen-bond acceptors (Lipinski definition) is 2. The van der Waals surface area contributed by atoms with E-state index >= 15 is 0 Å². The molecule has 1 aliphatic carbocycles. The zero-order valence-corrected chi connectivity index (χ0v) is 11.0. The Bertz CT molecular complexity index is 481. The number of alkyl halides is 3. The van der Waals surface area contributed by atoms with E-state index in [-0.39, 0.29) is 16.7 Å². The second-order valence-electron chi connectivity index (χ2n) is 4.60. The number of rotatable bonds is 3. The molecule has 1 saturated carbocycles. The van der Waals surface area contributed by atoms with Gasteiger partial charge in [0.25, 0.3) is 0 Å². The van der Waals surface area contributed by atoms with Crippen LogP contribution in [-0.4, -0.2) is 11.1 Å². The standard InChI is InChI=1S/C13H14F3NOS/c14-13(15,16)8-5-6-11(10(7-8)12(17)19)18-9-3-1-2-4-9/h5-7,9H,1-4H2,(H2,17,19). The third-order valence-corrected chi connectivity index (χ3v) is 3.39. The van der Waals surface area contributed by atoms with E-state index in [2.05, 4.69) is 0 Å². The van der Waals surface area contributed by atoms with E-state index in [4.69, 9.17) is 22.7 Å². The predicted octanol–water partition coefficient (Wildman–Crippen LogP) is 3.66. The first-order chi connectivity index (χ1) is 8.88. The highest BCUT2D eigenvalue weighted by Crippen LogP contribution is 2.34. The molecule has 0 amide bonds. The van der Waals surface area contributed by atoms with E-state index in [0.29, 0.717) is 5.75 Å². The Hall–Kier alpha value is -1.30. The molecule has 6 heteroatoms. The molecule has 2 nitrogen and oxygen atoms in total. The number of thiocarbonyl (C=S) groups is 1. The fourth-order valence-corrected chi connectivity index (χ4v) is 2.35. The second-order valence-corrected chi connectivity index (χ2v) is 5.04. The highest BCUT2D eigenvalue weighted by molar-refractivity contribution is 7.80. The van der Waals surface area contributed by atoms with E-state index in [1.165, 1.54) is 6.07 Å². The maximum absolute atomic E-state index is 12.6. The van der Waals surface area contributed by atoms with Gasteiger partial charge in [-0.3, -0.25) is 0 Å². The lowest BCUT2D eigenvalue weighted by Crippen LogP contribution is -2.18. The topological polar surface area (TPSA) is 35.2 Å². The van der Waals surface area contributed by atoms with Crippen LogP contribution in [0.5, 0.6) is 5.75 Å². The van der Waals surface area contributed by atoms with E-state index in [1.54, 1.807) is 0 Å². The van der Waals surface area contributed by atoms with Crippen LogP contribution in [0.3, 0.4) is 0 Å². The van der Waals surface area contributed by atoms with E-state index < -0.39 is 11.7 Å². The van der Waals surface area contributed by atoms with Crippen molar-refractivity contribution < 1.29 is 17.9 Å². The molecule has 1 fully saturated rings.